The number of fused-ring (bicyclic) bond motifs is 3. The lowest BCUT2D eigenvalue weighted by Gasteiger charge is -2.09. The molecule has 4 heteroatoms. The average molecular weight is 247 g/mol. The van der Waals surface area contributed by atoms with Crippen molar-refractivity contribution in [3.63, 3.8) is 0 Å². The number of hydrogen-bond donors (Lipinski definition) is 0. The van der Waals surface area contributed by atoms with E-state index in [1.54, 1.807) is 11.3 Å². The highest BCUT2D eigenvalue weighted by atomic mass is 32.1. The second-order valence-electron chi connectivity index (χ2n) is 5.00. The molecule has 0 radical (unpaired) electrons. The zero-order chi connectivity index (χ0) is 11.4. The number of nitrogens with zero attached hydrogens (tertiary/aromatic N) is 1. The largest absolute Gasteiger partial charge is 0.408 e. The van der Waals surface area contributed by atoms with Crippen LogP contribution in [-0.2, 0) is 12.8 Å². The summed E-state index contributed by atoms with van der Waals surface area (Å²) in [6.45, 7) is 0. The third kappa shape index (κ3) is 1.47. The van der Waals surface area contributed by atoms with Crippen molar-refractivity contribution in [2.24, 2.45) is 0 Å². The van der Waals surface area contributed by atoms with Crippen LogP contribution in [-0.4, -0.2) is 4.98 Å². The minimum atomic E-state index is -0.156. The molecule has 0 saturated heterocycles. The van der Waals surface area contributed by atoms with E-state index in [0.29, 0.717) is 11.8 Å². The predicted molar refractivity (Wildman–Crippen MR) is 66.8 cm³/mol. The van der Waals surface area contributed by atoms with E-state index in [-0.39, 0.29) is 5.63 Å². The first-order valence-corrected chi connectivity index (χ1v) is 7.10. The van der Waals surface area contributed by atoms with E-state index in [9.17, 15) is 4.79 Å². The molecule has 0 unspecified atom stereocenters. The van der Waals surface area contributed by atoms with Crippen LogP contribution >= 0.6 is 11.3 Å². The maximum Gasteiger partial charge on any atom is 0.348 e. The molecule has 4 rings (SSSR count). The molecule has 0 aliphatic heterocycles. The summed E-state index contributed by atoms with van der Waals surface area (Å²) in [6.07, 6.45) is 6.78. The van der Waals surface area contributed by atoms with Crippen molar-refractivity contribution < 1.29 is 4.42 Å². The fourth-order valence-corrected chi connectivity index (χ4v) is 3.87. The molecule has 0 atom stereocenters. The molecule has 0 aromatic carbocycles. The molecule has 2 aromatic heterocycles. The minimum Gasteiger partial charge on any atom is -0.408 e. The van der Waals surface area contributed by atoms with Crippen molar-refractivity contribution in [2.45, 2.75) is 44.4 Å². The van der Waals surface area contributed by atoms with Gasteiger partial charge in [0.2, 0.25) is 5.89 Å². The first-order valence-electron chi connectivity index (χ1n) is 6.28. The number of hydrogen-bond acceptors (Lipinski definition) is 4. The Morgan fingerprint density at radius 3 is 2.88 bits per heavy atom. The molecular formula is C13H13NO2S. The molecule has 17 heavy (non-hydrogen) atoms. The van der Waals surface area contributed by atoms with Crippen LogP contribution in [0.3, 0.4) is 0 Å². The molecule has 3 nitrogen and oxygen atoms in total. The highest BCUT2D eigenvalue weighted by Gasteiger charge is 2.30. The van der Waals surface area contributed by atoms with Gasteiger partial charge in [0.05, 0.1) is 0 Å². The SMILES string of the molecule is O=c1oc(C2CC2)nc2sc3c(c12)CCCC3. The van der Waals surface area contributed by atoms with E-state index in [4.69, 9.17) is 4.42 Å². The molecule has 2 aromatic rings. The Morgan fingerprint density at radius 1 is 1.24 bits per heavy atom. The third-order valence-electron chi connectivity index (χ3n) is 3.69. The fourth-order valence-electron chi connectivity index (χ4n) is 2.61. The molecular weight excluding hydrogens is 234 g/mol. The highest BCUT2D eigenvalue weighted by molar-refractivity contribution is 7.18. The van der Waals surface area contributed by atoms with E-state index in [1.165, 1.54) is 23.3 Å². The molecule has 0 amide bonds. The van der Waals surface area contributed by atoms with Gasteiger partial charge >= 0.3 is 5.63 Å². The molecule has 1 fully saturated rings. The van der Waals surface area contributed by atoms with Crippen LogP contribution < -0.4 is 5.63 Å². The summed E-state index contributed by atoms with van der Waals surface area (Å²) in [7, 11) is 0. The number of aryl methyl sites for hydroxylation is 2. The van der Waals surface area contributed by atoms with Gasteiger partial charge in [-0.1, -0.05) is 0 Å². The zero-order valence-electron chi connectivity index (χ0n) is 9.49. The summed E-state index contributed by atoms with van der Waals surface area (Å²) in [5, 5.41) is 0.772. The van der Waals surface area contributed by atoms with Crippen molar-refractivity contribution in [3.8, 4) is 0 Å². The van der Waals surface area contributed by atoms with Crippen LogP contribution in [0, 0.1) is 0 Å². The first-order chi connectivity index (χ1) is 8.33. The molecule has 2 aliphatic carbocycles. The lowest BCUT2D eigenvalue weighted by molar-refractivity contribution is 0.446. The first kappa shape index (κ1) is 9.83. The van der Waals surface area contributed by atoms with Crippen LogP contribution in [0.4, 0.5) is 0 Å². The van der Waals surface area contributed by atoms with E-state index >= 15 is 0 Å². The number of thiophene rings is 1. The predicted octanol–water partition coefficient (Wildman–Crippen LogP) is 3.01. The van der Waals surface area contributed by atoms with Gasteiger partial charge in [-0.3, -0.25) is 0 Å². The van der Waals surface area contributed by atoms with E-state index in [0.717, 1.165) is 35.9 Å². The highest BCUT2D eigenvalue weighted by Crippen LogP contribution is 2.40. The van der Waals surface area contributed by atoms with Gasteiger partial charge in [0, 0.05) is 10.8 Å². The Kier molecular flexibility index (Phi) is 1.98. The summed E-state index contributed by atoms with van der Waals surface area (Å²) in [5.41, 5.74) is 1.07. The summed E-state index contributed by atoms with van der Waals surface area (Å²) < 4.78 is 5.38. The van der Waals surface area contributed by atoms with Gasteiger partial charge in [-0.15, -0.1) is 11.3 Å². The number of rotatable bonds is 1. The van der Waals surface area contributed by atoms with Crippen molar-refractivity contribution in [1.82, 2.24) is 4.98 Å². The molecule has 1 saturated carbocycles. The maximum absolute atomic E-state index is 12.1. The zero-order valence-corrected chi connectivity index (χ0v) is 10.3. The Hall–Kier alpha value is -1.16. The van der Waals surface area contributed by atoms with Crippen LogP contribution in [0.5, 0.6) is 0 Å². The molecule has 88 valence electrons. The molecule has 0 spiro atoms. The van der Waals surface area contributed by atoms with Crippen LogP contribution in [0.15, 0.2) is 9.21 Å². The Bertz CT molecular complexity index is 651. The molecule has 0 N–H and O–H groups in total. The van der Waals surface area contributed by atoms with Crippen molar-refractivity contribution in [1.29, 1.82) is 0 Å². The Labute approximate surface area is 102 Å². The lowest BCUT2D eigenvalue weighted by Crippen LogP contribution is -2.07. The molecule has 0 bridgehead atoms. The van der Waals surface area contributed by atoms with Gasteiger partial charge in [0.15, 0.2) is 0 Å². The van der Waals surface area contributed by atoms with Gasteiger partial charge in [-0.25, -0.2) is 9.78 Å². The summed E-state index contributed by atoms with van der Waals surface area (Å²) in [6, 6.07) is 0. The lowest BCUT2D eigenvalue weighted by atomic mass is 9.97. The Balaban J connectivity index is 2.01. The van der Waals surface area contributed by atoms with E-state index < -0.39 is 0 Å². The van der Waals surface area contributed by atoms with E-state index in [2.05, 4.69) is 4.98 Å². The van der Waals surface area contributed by atoms with E-state index in [1.807, 2.05) is 0 Å². The maximum atomic E-state index is 12.1. The Morgan fingerprint density at radius 2 is 2.06 bits per heavy atom. The van der Waals surface area contributed by atoms with Crippen molar-refractivity contribution in [3.05, 3.63) is 26.8 Å². The summed E-state index contributed by atoms with van der Waals surface area (Å²) in [5.74, 6) is 1.08. The second kappa shape index (κ2) is 3.42. The topological polar surface area (TPSA) is 43.1 Å². The quantitative estimate of drug-likeness (QED) is 0.778. The van der Waals surface area contributed by atoms with Gasteiger partial charge in [0.25, 0.3) is 0 Å². The molecule has 2 heterocycles. The van der Waals surface area contributed by atoms with Gasteiger partial charge in [-0.2, -0.15) is 0 Å². The van der Waals surface area contributed by atoms with Crippen molar-refractivity contribution in [2.75, 3.05) is 0 Å². The van der Waals surface area contributed by atoms with Crippen molar-refractivity contribution >= 4 is 21.6 Å². The molecule has 2 aliphatic rings. The normalized spacial score (nSPS) is 19.5. The average Bonchev–Trinajstić information content (AvgIpc) is 3.09. The second-order valence-corrected chi connectivity index (χ2v) is 6.09. The van der Waals surface area contributed by atoms with Gasteiger partial charge in [-0.05, 0) is 44.1 Å². The third-order valence-corrected chi connectivity index (χ3v) is 4.88. The van der Waals surface area contributed by atoms with Gasteiger partial charge in [0.1, 0.15) is 10.2 Å². The number of aromatic nitrogens is 1. The van der Waals surface area contributed by atoms with Crippen LogP contribution in [0.25, 0.3) is 10.2 Å². The summed E-state index contributed by atoms with van der Waals surface area (Å²) >= 11 is 1.70. The fraction of sp³-hybridized carbons (Fsp3) is 0.538. The standard InChI is InChI=1S/C13H13NO2S/c15-13-10-8-3-1-2-4-9(8)17-12(10)14-11(16-13)7-5-6-7/h7H,1-6H2. The van der Waals surface area contributed by atoms with Crippen LogP contribution in [0.1, 0.15) is 47.9 Å². The smallest absolute Gasteiger partial charge is 0.348 e. The van der Waals surface area contributed by atoms with Crippen LogP contribution in [0.2, 0.25) is 0 Å². The van der Waals surface area contributed by atoms with Gasteiger partial charge < -0.3 is 4.42 Å². The summed E-state index contributed by atoms with van der Waals surface area (Å²) in [4.78, 5) is 18.9. The minimum absolute atomic E-state index is 0.156. The monoisotopic (exact) mass is 247 g/mol.